The van der Waals surface area contributed by atoms with E-state index < -0.39 is 0 Å². The predicted octanol–water partition coefficient (Wildman–Crippen LogP) is 7.46. The third-order valence-corrected chi connectivity index (χ3v) is 3.69. The van der Waals surface area contributed by atoms with Crippen molar-refractivity contribution in [2.45, 2.75) is 97.8 Å². The van der Waals surface area contributed by atoms with Gasteiger partial charge in [0.25, 0.3) is 0 Å². The summed E-state index contributed by atoms with van der Waals surface area (Å²) in [6.07, 6.45) is 25.7. The minimum Gasteiger partial charge on any atom is -0.0882 e. The van der Waals surface area contributed by atoms with Crippen LogP contribution in [-0.4, -0.2) is 0 Å². The molecule has 0 nitrogen and oxygen atoms in total. The number of unbranched alkanes of at least 4 members (excludes halogenated alkanes) is 9. The lowest BCUT2D eigenvalue weighted by Crippen LogP contribution is -1.81. The molecule has 0 bridgehead atoms. The summed E-state index contributed by atoms with van der Waals surface area (Å²) in [4.78, 5) is 0. The summed E-state index contributed by atoms with van der Waals surface area (Å²) in [5, 5.41) is 0. The van der Waals surface area contributed by atoms with E-state index in [1.54, 1.807) is 0 Å². The van der Waals surface area contributed by atoms with Crippen LogP contribution in [0.15, 0.2) is 24.3 Å². The van der Waals surface area contributed by atoms with E-state index in [1.807, 2.05) is 0 Å². The summed E-state index contributed by atoms with van der Waals surface area (Å²) < 4.78 is 0. The highest BCUT2D eigenvalue weighted by atomic mass is 14.0. The van der Waals surface area contributed by atoms with Crippen molar-refractivity contribution in [3.8, 4) is 0 Å². The van der Waals surface area contributed by atoms with Crippen LogP contribution in [0.3, 0.4) is 0 Å². The van der Waals surface area contributed by atoms with Crippen molar-refractivity contribution in [1.29, 1.82) is 0 Å². The minimum atomic E-state index is 0.789. The Balaban J connectivity index is 3.13. The van der Waals surface area contributed by atoms with E-state index in [0.29, 0.717) is 0 Å². The molecule has 0 spiro atoms. The molecule has 0 atom stereocenters. The van der Waals surface area contributed by atoms with Gasteiger partial charge in [0.1, 0.15) is 0 Å². The maximum atomic E-state index is 2.36. The summed E-state index contributed by atoms with van der Waals surface area (Å²) >= 11 is 0. The topological polar surface area (TPSA) is 0 Å². The molecule has 0 aromatic carbocycles. The van der Waals surface area contributed by atoms with Crippen LogP contribution in [-0.2, 0) is 0 Å². The van der Waals surface area contributed by atoms with Crippen LogP contribution in [0.1, 0.15) is 97.8 Å². The van der Waals surface area contributed by atoms with E-state index in [1.165, 1.54) is 70.6 Å². The molecule has 0 fully saturated rings. The summed E-state index contributed by atoms with van der Waals surface area (Å²) in [5.74, 6) is 0.789. The number of allylic oxidation sites excluding steroid dienone is 4. The Kier molecular flexibility index (Phi) is 16.1. The second kappa shape index (κ2) is 16.5. The van der Waals surface area contributed by atoms with Gasteiger partial charge in [0.05, 0.1) is 0 Å². The molecule has 0 heterocycles. The summed E-state index contributed by atoms with van der Waals surface area (Å²) in [7, 11) is 0. The molecule has 118 valence electrons. The molecule has 0 aromatic heterocycles. The van der Waals surface area contributed by atoms with Gasteiger partial charge in [-0.25, -0.2) is 0 Å². The zero-order chi connectivity index (χ0) is 14.9. The molecular weight excluding hydrogens is 240 g/mol. The Bertz CT molecular complexity index is 222. The van der Waals surface area contributed by atoms with Crippen molar-refractivity contribution in [2.24, 2.45) is 5.92 Å². The Morgan fingerprint density at radius 1 is 0.650 bits per heavy atom. The van der Waals surface area contributed by atoms with E-state index in [-0.39, 0.29) is 0 Å². The van der Waals surface area contributed by atoms with Crippen molar-refractivity contribution in [3.05, 3.63) is 24.3 Å². The predicted molar refractivity (Wildman–Crippen MR) is 94.2 cm³/mol. The number of hydrogen-bond donors (Lipinski definition) is 0. The molecule has 0 heteroatoms. The minimum absolute atomic E-state index is 0.789. The molecule has 0 saturated heterocycles. The van der Waals surface area contributed by atoms with E-state index in [2.05, 4.69) is 45.1 Å². The quantitative estimate of drug-likeness (QED) is 0.228. The lowest BCUT2D eigenvalue weighted by molar-refractivity contribution is 0.566. The van der Waals surface area contributed by atoms with Crippen LogP contribution >= 0.6 is 0 Å². The van der Waals surface area contributed by atoms with Crippen molar-refractivity contribution < 1.29 is 0 Å². The normalized spacial score (nSPS) is 12.2. The van der Waals surface area contributed by atoms with Crippen LogP contribution in [0, 0.1) is 5.92 Å². The summed E-state index contributed by atoms with van der Waals surface area (Å²) in [6, 6.07) is 0. The maximum Gasteiger partial charge on any atom is -0.0169 e. The maximum absolute atomic E-state index is 2.36. The molecule has 0 N–H and O–H groups in total. The van der Waals surface area contributed by atoms with Crippen molar-refractivity contribution >= 4 is 0 Å². The third kappa shape index (κ3) is 17.5. The fourth-order valence-corrected chi connectivity index (χ4v) is 2.33. The molecule has 20 heavy (non-hydrogen) atoms. The monoisotopic (exact) mass is 278 g/mol. The van der Waals surface area contributed by atoms with Crippen LogP contribution in [0.2, 0.25) is 0 Å². The standard InChI is InChI=1S/C20H38/c1-4-5-6-7-8-9-10-11-12-13-14-15-16-17-18-19-20(2)3/h14-15,17-18,20H,4-13,16,19H2,1-3H3/b15-14+,18-17+. The van der Waals surface area contributed by atoms with Gasteiger partial charge in [0.15, 0.2) is 0 Å². The Labute approximate surface area is 128 Å². The average Bonchev–Trinajstić information content (AvgIpc) is 2.43. The number of rotatable bonds is 14. The highest BCUT2D eigenvalue weighted by molar-refractivity contribution is 4.93. The smallest absolute Gasteiger partial charge is 0.0169 e. The number of hydrogen-bond acceptors (Lipinski definition) is 0. The van der Waals surface area contributed by atoms with Gasteiger partial charge >= 0.3 is 0 Å². The average molecular weight is 279 g/mol. The van der Waals surface area contributed by atoms with Crippen LogP contribution in [0.5, 0.6) is 0 Å². The lowest BCUT2D eigenvalue weighted by atomic mass is 10.1. The van der Waals surface area contributed by atoms with E-state index >= 15 is 0 Å². The van der Waals surface area contributed by atoms with Crippen LogP contribution in [0.25, 0.3) is 0 Å². The van der Waals surface area contributed by atoms with E-state index in [4.69, 9.17) is 0 Å². The molecule has 0 aliphatic heterocycles. The van der Waals surface area contributed by atoms with Gasteiger partial charge in [-0.05, 0) is 31.6 Å². The van der Waals surface area contributed by atoms with Gasteiger partial charge in [-0.15, -0.1) is 0 Å². The molecule has 0 aliphatic carbocycles. The van der Waals surface area contributed by atoms with Gasteiger partial charge in [-0.1, -0.05) is 96.4 Å². The fraction of sp³-hybridized carbons (Fsp3) is 0.800. The Morgan fingerprint density at radius 3 is 1.80 bits per heavy atom. The SMILES string of the molecule is CCCCCCCCCCC/C=C/C/C=C/CC(C)C. The third-order valence-electron chi connectivity index (χ3n) is 3.69. The fourth-order valence-electron chi connectivity index (χ4n) is 2.33. The summed E-state index contributed by atoms with van der Waals surface area (Å²) in [5.41, 5.74) is 0. The van der Waals surface area contributed by atoms with Gasteiger partial charge in [-0.2, -0.15) is 0 Å². The molecule has 0 unspecified atom stereocenters. The first-order valence-electron chi connectivity index (χ1n) is 9.07. The van der Waals surface area contributed by atoms with E-state index in [9.17, 15) is 0 Å². The van der Waals surface area contributed by atoms with Gasteiger partial charge in [-0.3, -0.25) is 0 Å². The highest BCUT2D eigenvalue weighted by Crippen LogP contribution is 2.10. The molecule has 0 aliphatic rings. The van der Waals surface area contributed by atoms with Crippen molar-refractivity contribution in [1.82, 2.24) is 0 Å². The molecule has 0 amide bonds. The first-order valence-corrected chi connectivity index (χ1v) is 9.07. The molecule has 0 aromatic rings. The first-order chi connectivity index (χ1) is 9.77. The second-order valence-corrected chi connectivity index (χ2v) is 6.43. The largest absolute Gasteiger partial charge is 0.0882 e. The van der Waals surface area contributed by atoms with Gasteiger partial charge in [0.2, 0.25) is 0 Å². The van der Waals surface area contributed by atoms with Crippen molar-refractivity contribution in [3.63, 3.8) is 0 Å². The molecule has 0 rings (SSSR count). The highest BCUT2D eigenvalue weighted by Gasteiger charge is 1.91. The zero-order valence-corrected chi connectivity index (χ0v) is 14.4. The van der Waals surface area contributed by atoms with Crippen molar-refractivity contribution in [2.75, 3.05) is 0 Å². The first kappa shape index (κ1) is 19.5. The second-order valence-electron chi connectivity index (χ2n) is 6.43. The Morgan fingerprint density at radius 2 is 1.20 bits per heavy atom. The van der Waals surface area contributed by atoms with Gasteiger partial charge < -0.3 is 0 Å². The van der Waals surface area contributed by atoms with Crippen LogP contribution < -0.4 is 0 Å². The Hall–Kier alpha value is -0.520. The van der Waals surface area contributed by atoms with Crippen LogP contribution in [0.4, 0.5) is 0 Å². The molecule has 0 radical (unpaired) electrons. The summed E-state index contributed by atoms with van der Waals surface area (Å²) in [6.45, 7) is 6.82. The van der Waals surface area contributed by atoms with E-state index in [0.717, 1.165) is 12.3 Å². The molecule has 0 saturated carbocycles. The van der Waals surface area contributed by atoms with Gasteiger partial charge in [0, 0.05) is 0 Å². The molecular formula is C20H38. The zero-order valence-electron chi connectivity index (χ0n) is 14.4. The lowest BCUT2D eigenvalue weighted by Gasteiger charge is -2.00.